The average Bonchev–Trinajstić information content (AvgIpc) is 2.84. The highest BCUT2D eigenvalue weighted by Crippen LogP contribution is 2.12. The quantitative estimate of drug-likeness (QED) is 0.389. The van der Waals surface area contributed by atoms with Crippen molar-refractivity contribution < 1.29 is 9.84 Å². The lowest BCUT2D eigenvalue weighted by molar-refractivity contribution is 0.0948. The Hall–Kier alpha value is -0.380. The Kier molecular flexibility index (Phi) is 7.49. The molecule has 0 saturated carbocycles. The third kappa shape index (κ3) is 6.20. The molecule has 0 amide bonds. The molecule has 0 spiro atoms. The summed E-state index contributed by atoms with van der Waals surface area (Å²) in [5, 5.41) is 13.1. The van der Waals surface area contributed by atoms with Gasteiger partial charge in [0.15, 0.2) is 0 Å². The lowest BCUT2D eigenvalue weighted by Crippen LogP contribution is -2.37. The van der Waals surface area contributed by atoms with E-state index in [1.807, 2.05) is 6.92 Å². The Balaban J connectivity index is 2.12. The van der Waals surface area contributed by atoms with E-state index in [9.17, 15) is 5.11 Å². The van der Waals surface area contributed by atoms with Crippen LogP contribution in [0.15, 0.2) is 12.2 Å². The predicted molar refractivity (Wildman–Crippen MR) is 70.8 cm³/mol. The smallest absolute Gasteiger partial charge is 0.110 e. The van der Waals surface area contributed by atoms with Crippen molar-refractivity contribution in [2.75, 3.05) is 19.8 Å². The van der Waals surface area contributed by atoms with Crippen LogP contribution in [0.25, 0.3) is 0 Å². The number of nitrogens with one attached hydrogen (secondary N) is 1. The molecule has 3 heteroatoms. The van der Waals surface area contributed by atoms with Gasteiger partial charge < -0.3 is 9.84 Å². The molecule has 1 aliphatic heterocycles. The van der Waals surface area contributed by atoms with Gasteiger partial charge in [0.2, 0.25) is 0 Å². The topological polar surface area (TPSA) is 41.5 Å². The van der Waals surface area contributed by atoms with Gasteiger partial charge in [0.25, 0.3) is 0 Å². The lowest BCUT2D eigenvalue weighted by atomic mass is 10.1. The molecule has 1 heterocycles. The average molecular weight is 241 g/mol. The van der Waals surface area contributed by atoms with E-state index >= 15 is 0 Å². The Morgan fingerprint density at radius 2 is 2.35 bits per heavy atom. The molecule has 2 N–H and O–H groups in total. The van der Waals surface area contributed by atoms with E-state index in [0.29, 0.717) is 5.92 Å². The summed E-state index contributed by atoms with van der Waals surface area (Å²) in [5.41, 5.74) is 0. The monoisotopic (exact) mass is 241 g/mol. The molecule has 0 aromatic rings. The van der Waals surface area contributed by atoms with Crippen LogP contribution in [0.3, 0.4) is 0 Å². The third-order valence-electron chi connectivity index (χ3n) is 3.30. The van der Waals surface area contributed by atoms with Gasteiger partial charge in [-0.2, -0.15) is 0 Å². The first-order chi connectivity index (χ1) is 8.24. The molecule has 3 atom stereocenters. The second-order valence-corrected chi connectivity index (χ2v) is 5.01. The van der Waals surface area contributed by atoms with Crippen LogP contribution in [0, 0.1) is 11.8 Å². The second kappa shape index (κ2) is 8.67. The zero-order valence-electron chi connectivity index (χ0n) is 11.2. The molecule has 1 fully saturated rings. The van der Waals surface area contributed by atoms with Crippen molar-refractivity contribution in [3.05, 3.63) is 12.2 Å². The van der Waals surface area contributed by atoms with Gasteiger partial charge in [-0.25, -0.2) is 0 Å². The van der Waals surface area contributed by atoms with Crippen molar-refractivity contribution in [2.24, 2.45) is 11.8 Å². The standard InChI is InChI=1S/C14H27NO2/c1-3-4-5-6-7-12(2)14(16)15-10-13-8-9-17-11-13/h6-7,12-16H,3-5,8-11H2,1-2H3/b7-6+. The molecule has 17 heavy (non-hydrogen) atoms. The number of ether oxygens (including phenoxy) is 1. The van der Waals surface area contributed by atoms with Crippen LogP contribution in [0.1, 0.15) is 39.5 Å². The van der Waals surface area contributed by atoms with Crippen LogP contribution < -0.4 is 5.32 Å². The van der Waals surface area contributed by atoms with E-state index < -0.39 is 6.23 Å². The number of unbranched alkanes of at least 4 members (excludes halogenated alkanes) is 2. The number of aliphatic hydroxyl groups is 1. The van der Waals surface area contributed by atoms with Gasteiger partial charge in [0.05, 0.1) is 6.61 Å². The summed E-state index contributed by atoms with van der Waals surface area (Å²) in [4.78, 5) is 0. The fraction of sp³-hybridized carbons (Fsp3) is 0.857. The molecule has 0 bridgehead atoms. The molecule has 0 radical (unpaired) electrons. The molecular formula is C14H27NO2. The highest BCUT2D eigenvalue weighted by molar-refractivity contribution is 4.89. The van der Waals surface area contributed by atoms with Crippen LogP contribution in [0.5, 0.6) is 0 Å². The first-order valence-electron chi connectivity index (χ1n) is 6.90. The molecule has 0 aliphatic carbocycles. The molecule has 3 unspecified atom stereocenters. The molecule has 0 aromatic carbocycles. The normalized spacial score (nSPS) is 24.3. The minimum Gasteiger partial charge on any atom is -0.381 e. The lowest BCUT2D eigenvalue weighted by Gasteiger charge is -2.19. The van der Waals surface area contributed by atoms with Crippen LogP contribution in [-0.4, -0.2) is 31.1 Å². The van der Waals surface area contributed by atoms with Gasteiger partial charge in [-0.3, -0.25) is 5.32 Å². The van der Waals surface area contributed by atoms with E-state index in [2.05, 4.69) is 24.4 Å². The van der Waals surface area contributed by atoms with Gasteiger partial charge in [-0.1, -0.05) is 38.8 Å². The first kappa shape index (κ1) is 14.7. The number of hydrogen-bond donors (Lipinski definition) is 2. The Labute approximate surface area is 105 Å². The molecule has 1 aliphatic rings. The maximum absolute atomic E-state index is 9.93. The van der Waals surface area contributed by atoms with E-state index in [-0.39, 0.29) is 5.92 Å². The Morgan fingerprint density at radius 1 is 1.53 bits per heavy atom. The number of rotatable bonds is 8. The van der Waals surface area contributed by atoms with Gasteiger partial charge in [0.1, 0.15) is 6.23 Å². The first-order valence-corrected chi connectivity index (χ1v) is 6.90. The fourth-order valence-electron chi connectivity index (χ4n) is 1.96. The SMILES string of the molecule is CCCC/C=C/C(C)C(O)NCC1CCOC1. The zero-order valence-corrected chi connectivity index (χ0v) is 11.2. The molecular weight excluding hydrogens is 214 g/mol. The van der Waals surface area contributed by atoms with Gasteiger partial charge >= 0.3 is 0 Å². The molecule has 1 rings (SSSR count). The second-order valence-electron chi connectivity index (χ2n) is 5.01. The summed E-state index contributed by atoms with van der Waals surface area (Å²) in [6.45, 7) is 6.80. The minimum absolute atomic E-state index is 0.175. The molecule has 0 aromatic heterocycles. The van der Waals surface area contributed by atoms with Crippen molar-refractivity contribution in [1.29, 1.82) is 0 Å². The maximum Gasteiger partial charge on any atom is 0.110 e. The number of aliphatic hydroxyl groups excluding tert-OH is 1. The fourth-order valence-corrected chi connectivity index (χ4v) is 1.96. The summed E-state index contributed by atoms with van der Waals surface area (Å²) in [6.07, 6.45) is 8.53. The molecule has 100 valence electrons. The van der Waals surface area contributed by atoms with Crippen LogP contribution in [-0.2, 0) is 4.74 Å². The summed E-state index contributed by atoms with van der Waals surface area (Å²) in [7, 11) is 0. The van der Waals surface area contributed by atoms with Crippen molar-refractivity contribution >= 4 is 0 Å². The summed E-state index contributed by atoms with van der Waals surface area (Å²) in [5.74, 6) is 0.745. The Bertz CT molecular complexity index is 212. The van der Waals surface area contributed by atoms with E-state index in [0.717, 1.165) is 32.6 Å². The van der Waals surface area contributed by atoms with Crippen LogP contribution in [0.2, 0.25) is 0 Å². The van der Waals surface area contributed by atoms with Gasteiger partial charge in [-0.15, -0.1) is 0 Å². The number of hydrogen-bond acceptors (Lipinski definition) is 3. The molecule has 3 nitrogen and oxygen atoms in total. The minimum atomic E-state index is -0.437. The third-order valence-corrected chi connectivity index (χ3v) is 3.30. The van der Waals surface area contributed by atoms with E-state index in [1.165, 1.54) is 12.8 Å². The van der Waals surface area contributed by atoms with Crippen molar-refractivity contribution in [1.82, 2.24) is 5.32 Å². The highest BCUT2D eigenvalue weighted by atomic mass is 16.5. The van der Waals surface area contributed by atoms with Crippen molar-refractivity contribution in [3.63, 3.8) is 0 Å². The van der Waals surface area contributed by atoms with Crippen LogP contribution in [0.4, 0.5) is 0 Å². The van der Waals surface area contributed by atoms with Gasteiger partial charge in [-0.05, 0) is 18.8 Å². The highest BCUT2D eigenvalue weighted by Gasteiger charge is 2.18. The molecule has 1 saturated heterocycles. The summed E-state index contributed by atoms with van der Waals surface area (Å²) < 4.78 is 5.31. The van der Waals surface area contributed by atoms with Crippen molar-refractivity contribution in [2.45, 2.75) is 45.8 Å². The summed E-state index contributed by atoms with van der Waals surface area (Å²) >= 11 is 0. The predicted octanol–water partition coefficient (Wildman–Crippen LogP) is 2.31. The van der Waals surface area contributed by atoms with Gasteiger partial charge in [0, 0.05) is 19.1 Å². The Morgan fingerprint density at radius 3 is 3.00 bits per heavy atom. The van der Waals surface area contributed by atoms with E-state index in [1.54, 1.807) is 0 Å². The largest absolute Gasteiger partial charge is 0.381 e. The maximum atomic E-state index is 9.93. The van der Waals surface area contributed by atoms with Crippen LogP contribution >= 0.6 is 0 Å². The number of allylic oxidation sites excluding steroid dienone is 1. The zero-order chi connectivity index (χ0) is 12.5. The van der Waals surface area contributed by atoms with Crippen molar-refractivity contribution in [3.8, 4) is 0 Å². The van der Waals surface area contributed by atoms with E-state index in [4.69, 9.17) is 4.74 Å². The summed E-state index contributed by atoms with van der Waals surface area (Å²) in [6, 6.07) is 0.